The highest BCUT2D eigenvalue weighted by molar-refractivity contribution is 5.43. The minimum absolute atomic E-state index is 0.450. The van der Waals surface area contributed by atoms with Crippen LogP contribution < -0.4 is 4.74 Å². The second kappa shape index (κ2) is 3.79. The van der Waals surface area contributed by atoms with Crippen molar-refractivity contribution < 1.29 is 9.47 Å². The van der Waals surface area contributed by atoms with Crippen LogP contribution in [0.1, 0.15) is 18.0 Å². The van der Waals surface area contributed by atoms with Crippen LogP contribution in [0.4, 0.5) is 0 Å². The van der Waals surface area contributed by atoms with Gasteiger partial charge in [-0.25, -0.2) is 4.98 Å². The Balaban J connectivity index is 2.01. The Hall–Kier alpha value is -1.55. The van der Waals surface area contributed by atoms with Crippen LogP contribution in [0.25, 0.3) is 5.65 Å². The summed E-state index contributed by atoms with van der Waals surface area (Å²) in [5, 5.41) is 0. The molecule has 1 saturated heterocycles. The highest BCUT2D eigenvalue weighted by Crippen LogP contribution is 2.25. The Labute approximate surface area is 93.8 Å². The Morgan fingerprint density at radius 2 is 2.38 bits per heavy atom. The van der Waals surface area contributed by atoms with Crippen molar-refractivity contribution in [2.45, 2.75) is 12.3 Å². The summed E-state index contributed by atoms with van der Waals surface area (Å²) in [6.07, 6.45) is 5.08. The van der Waals surface area contributed by atoms with Gasteiger partial charge >= 0.3 is 0 Å². The maximum absolute atomic E-state index is 5.38. The topological polar surface area (TPSA) is 35.8 Å². The number of aromatic nitrogens is 2. The van der Waals surface area contributed by atoms with Gasteiger partial charge in [0.1, 0.15) is 11.4 Å². The molecule has 4 heteroatoms. The van der Waals surface area contributed by atoms with Gasteiger partial charge in [-0.15, -0.1) is 0 Å². The molecule has 0 spiro atoms. The van der Waals surface area contributed by atoms with Crippen molar-refractivity contribution in [1.82, 2.24) is 9.38 Å². The number of hydrogen-bond acceptors (Lipinski definition) is 3. The van der Waals surface area contributed by atoms with E-state index in [1.54, 1.807) is 7.11 Å². The van der Waals surface area contributed by atoms with Crippen molar-refractivity contribution in [3.05, 3.63) is 30.2 Å². The maximum Gasteiger partial charge on any atom is 0.137 e. The fourth-order valence-corrected chi connectivity index (χ4v) is 2.08. The molecule has 0 aromatic carbocycles. The number of imidazole rings is 1. The van der Waals surface area contributed by atoms with Gasteiger partial charge < -0.3 is 13.9 Å². The van der Waals surface area contributed by atoms with Crippen LogP contribution >= 0.6 is 0 Å². The molecule has 1 aliphatic rings. The van der Waals surface area contributed by atoms with E-state index in [9.17, 15) is 0 Å². The molecular formula is C12H14N2O2. The highest BCUT2D eigenvalue weighted by Gasteiger charge is 2.20. The van der Waals surface area contributed by atoms with Crippen LogP contribution in [-0.2, 0) is 4.74 Å². The minimum Gasteiger partial charge on any atom is -0.495 e. The van der Waals surface area contributed by atoms with Gasteiger partial charge in [0.25, 0.3) is 0 Å². The fraction of sp³-hybridized carbons (Fsp3) is 0.417. The smallest absolute Gasteiger partial charge is 0.137 e. The van der Waals surface area contributed by atoms with Crippen molar-refractivity contribution >= 4 is 5.65 Å². The standard InChI is InChI=1S/C12H14N2O2/c1-15-10-2-3-12-13-11(7-14(12)6-10)9-4-5-16-8-9/h2-3,6-7,9H,4-5,8H2,1H3. The third-order valence-electron chi connectivity index (χ3n) is 3.03. The molecule has 4 nitrogen and oxygen atoms in total. The first-order chi connectivity index (χ1) is 7.86. The van der Waals surface area contributed by atoms with Gasteiger partial charge in [0.15, 0.2) is 0 Å². The monoisotopic (exact) mass is 218 g/mol. The summed E-state index contributed by atoms with van der Waals surface area (Å²) in [7, 11) is 1.67. The molecule has 0 N–H and O–H groups in total. The highest BCUT2D eigenvalue weighted by atomic mass is 16.5. The maximum atomic E-state index is 5.38. The Bertz CT molecular complexity index is 501. The third kappa shape index (κ3) is 1.55. The van der Waals surface area contributed by atoms with E-state index in [2.05, 4.69) is 11.2 Å². The van der Waals surface area contributed by atoms with Crippen LogP contribution in [0.2, 0.25) is 0 Å². The zero-order valence-corrected chi connectivity index (χ0v) is 9.22. The zero-order valence-electron chi connectivity index (χ0n) is 9.22. The minimum atomic E-state index is 0.450. The van der Waals surface area contributed by atoms with Gasteiger partial charge in [-0.05, 0) is 18.6 Å². The van der Waals surface area contributed by atoms with Crippen molar-refractivity contribution in [2.24, 2.45) is 0 Å². The van der Waals surface area contributed by atoms with Crippen LogP contribution in [0.5, 0.6) is 5.75 Å². The molecule has 1 atom stereocenters. The second-order valence-electron chi connectivity index (χ2n) is 4.06. The van der Waals surface area contributed by atoms with E-state index >= 15 is 0 Å². The molecule has 84 valence electrons. The molecule has 16 heavy (non-hydrogen) atoms. The molecular weight excluding hydrogens is 204 g/mol. The van der Waals surface area contributed by atoms with Gasteiger partial charge in [-0.3, -0.25) is 0 Å². The van der Waals surface area contributed by atoms with Gasteiger partial charge in [0.05, 0.1) is 25.6 Å². The second-order valence-corrected chi connectivity index (χ2v) is 4.06. The summed E-state index contributed by atoms with van der Waals surface area (Å²) in [5.41, 5.74) is 2.08. The number of rotatable bonds is 2. The van der Waals surface area contributed by atoms with E-state index in [1.165, 1.54) is 0 Å². The van der Waals surface area contributed by atoms with Gasteiger partial charge in [0, 0.05) is 18.7 Å². The molecule has 0 bridgehead atoms. The summed E-state index contributed by atoms with van der Waals surface area (Å²) in [6, 6.07) is 3.90. The van der Waals surface area contributed by atoms with Gasteiger partial charge in [-0.2, -0.15) is 0 Å². The number of pyridine rings is 1. The molecule has 0 amide bonds. The van der Waals surface area contributed by atoms with Gasteiger partial charge in [0.2, 0.25) is 0 Å². The fourth-order valence-electron chi connectivity index (χ4n) is 2.08. The van der Waals surface area contributed by atoms with Crippen LogP contribution in [0, 0.1) is 0 Å². The first-order valence-electron chi connectivity index (χ1n) is 5.47. The summed E-state index contributed by atoms with van der Waals surface area (Å²) >= 11 is 0. The van der Waals surface area contributed by atoms with E-state index in [0.29, 0.717) is 5.92 Å². The van der Waals surface area contributed by atoms with Gasteiger partial charge in [-0.1, -0.05) is 0 Å². The van der Waals surface area contributed by atoms with Crippen molar-refractivity contribution in [3.63, 3.8) is 0 Å². The predicted octanol–water partition coefficient (Wildman–Crippen LogP) is 1.85. The summed E-state index contributed by atoms with van der Waals surface area (Å²) in [6.45, 7) is 1.64. The molecule has 2 aromatic rings. The van der Waals surface area contributed by atoms with Crippen LogP contribution in [0.3, 0.4) is 0 Å². The lowest BCUT2D eigenvalue weighted by Crippen LogP contribution is -1.96. The summed E-state index contributed by atoms with van der Waals surface area (Å²) in [4.78, 5) is 4.60. The normalized spacial score (nSPS) is 20.4. The molecule has 1 fully saturated rings. The Kier molecular flexibility index (Phi) is 2.29. The number of nitrogens with zero attached hydrogens (tertiary/aromatic N) is 2. The third-order valence-corrected chi connectivity index (χ3v) is 3.03. The van der Waals surface area contributed by atoms with E-state index in [4.69, 9.17) is 9.47 Å². The first kappa shape index (κ1) is 9.66. The van der Waals surface area contributed by atoms with Crippen molar-refractivity contribution in [2.75, 3.05) is 20.3 Å². The first-order valence-corrected chi connectivity index (χ1v) is 5.47. The Morgan fingerprint density at radius 3 is 3.12 bits per heavy atom. The van der Waals surface area contributed by atoms with Crippen molar-refractivity contribution in [1.29, 1.82) is 0 Å². The number of fused-ring (bicyclic) bond motifs is 1. The molecule has 2 aromatic heterocycles. The van der Waals surface area contributed by atoms with E-state index in [1.807, 2.05) is 22.7 Å². The molecule has 1 aliphatic heterocycles. The molecule has 3 rings (SSSR count). The quantitative estimate of drug-likeness (QED) is 0.771. The average Bonchev–Trinajstić information content (AvgIpc) is 2.96. The zero-order chi connectivity index (χ0) is 11.0. The lowest BCUT2D eigenvalue weighted by Gasteiger charge is -2.00. The lowest BCUT2D eigenvalue weighted by molar-refractivity contribution is 0.193. The van der Waals surface area contributed by atoms with E-state index < -0.39 is 0 Å². The van der Waals surface area contributed by atoms with Crippen LogP contribution in [-0.4, -0.2) is 29.7 Å². The largest absolute Gasteiger partial charge is 0.495 e. The molecule has 3 heterocycles. The lowest BCUT2D eigenvalue weighted by atomic mass is 10.1. The molecule has 0 saturated carbocycles. The number of methoxy groups -OCH3 is 1. The molecule has 1 unspecified atom stereocenters. The SMILES string of the molecule is COc1ccc2nc(C3CCOC3)cn2c1. The van der Waals surface area contributed by atoms with Crippen molar-refractivity contribution in [3.8, 4) is 5.75 Å². The predicted molar refractivity (Wildman–Crippen MR) is 59.9 cm³/mol. The number of ether oxygens (including phenoxy) is 2. The Morgan fingerprint density at radius 1 is 1.44 bits per heavy atom. The molecule has 0 radical (unpaired) electrons. The van der Waals surface area contributed by atoms with Crippen LogP contribution in [0.15, 0.2) is 24.5 Å². The summed E-state index contributed by atoms with van der Waals surface area (Å²) < 4.78 is 12.6. The average molecular weight is 218 g/mol. The number of hydrogen-bond donors (Lipinski definition) is 0. The van der Waals surface area contributed by atoms with E-state index in [-0.39, 0.29) is 0 Å². The van der Waals surface area contributed by atoms with E-state index in [0.717, 1.165) is 36.7 Å². The summed E-state index contributed by atoms with van der Waals surface area (Å²) in [5.74, 6) is 1.30. The molecule has 0 aliphatic carbocycles.